The minimum absolute atomic E-state index is 0.283. The smallest absolute Gasteiger partial charge is 0.145 e. The van der Waals surface area contributed by atoms with Crippen molar-refractivity contribution < 1.29 is 5.11 Å². The van der Waals surface area contributed by atoms with E-state index >= 15 is 0 Å². The van der Waals surface area contributed by atoms with E-state index in [4.69, 9.17) is 10.9 Å². The molecule has 0 aliphatic rings. The second-order valence-electron chi connectivity index (χ2n) is 3.50. The van der Waals surface area contributed by atoms with Crippen LogP contribution in [0, 0.1) is 0 Å². The number of aliphatic hydroxyl groups excluding tert-OH is 1. The standard InChI is InChI=1S/C10H19N5O/c11-15-10-7-9(13-8-14-10)12-5-3-1-2-4-6-16/h7-8,16H,1-6,11H2,(H2,12,13,14,15). The van der Waals surface area contributed by atoms with Crippen LogP contribution < -0.4 is 16.6 Å². The van der Waals surface area contributed by atoms with Gasteiger partial charge in [-0.15, -0.1) is 0 Å². The highest BCUT2D eigenvalue weighted by molar-refractivity contribution is 5.45. The molecule has 90 valence electrons. The number of nitrogens with two attached hydrogens (primary N) is 1. The van der Waals surface area contributed by atoms with E-state index in [-0.39, 0.29) is 6.61 Å². The molecule has 1 rings (SSSR count). The van der Waals surface area contributed by atoms with Gasteiger partial charge in [0.25, 0.3) is 0 Å². The molecule has 0 fully saturated rings. The Morgan fingerprint density at radius 1 is 1.12 bits per heavy atom. The van der Waals surface area contributed by atoms with Gasteiger partial charge in [-0.05, 0) is 12.8 Å². The number of anilines is 2. The third-order valence-electron chi connectivity index (χ3n) is 2.21. The predicted molar refractivity (Wildman–Crippen MR) is 63.9 cm³/mol. The minimum Gasteiger partial charge on any atom is -0.396 e. The van der Waals surface area contributed by atoms with Gasteiger partial charge in [0.15, 0.2) is 0 Å². The van der Waals surface area contributed by atoms with Crippen LogP contribution >= 0.6 is 0 Å². The van der Waals surface area contributed by atoms with Gasteiger partial charge in [-0.2, -0.15) is 0 Å². The molecule has 0 spiro atoms. The van der Waals surface area contributed by atoms with Gasteiger partial charge in [0.1, 0.15) is 18.0 Å². The molecule has 5 N–H and O–H groups in total. The number of hydrogen-bond acceptors (Lipinski definition) is 6. The molecule has 0 atom stereocenters. The normalized spacial score (nSPS) is 10.1. The molecule has 1 aromatic heterocycles. The van der Waals surface area contributed by atoms with Gasteiger partial charge in [0.2, 0.25) is 0 Å². The zero-order valence-electron chi connectivity index (χ0n) is 9.32. The molecule has 0 radical (unpaired) electrons. The number of nitrogen functional groups attached to an aromatic ring is 1. The number of unbranched alkanes of at least 4 members (excludes halogenated alkanes) is 3. The summed E-state index contributed by atoms with van der Waals surface area (Å²) in [6.07, 6.45) is 5.59. The summed E-state index contributed by atoms with van der Waals surface area (Å²) in [5.74, 6) is 6.60. The molecule has 0 saturated carbocycles. The fraction of sp³-hybridized carbons (Fsp3) is 0.600. The lowest BCUT2D eigenvalue weighted by atomic mass is 10.2. The molecule has 16 heavy (non-hydrogen) atoms. The Kier molecular flexibility index (Phi) is 6.20. The summed E-state index contributed by atoms with van der Waals surface area (Å²) in [5.41, 5.74) is 2.47. The maximum Gasteiger partial charge on any atom is 0.145 e. The summed E-state index contributed by atoms with van der Waals surface area (Å²) in [5, 5.41) is 11.8. The Morgan fingerprint density at radius 3 is 2.62 bits per heavy atom. The average Bonchev–Trinajstić information content (AvgIpc) is 2.34. The van der Waals surface area contributed by atoms with Crippen LogP contribution in [0.2, 0.25) is 0 Å². The monoisotopic (exact) mass is 225 g/mol. The van der Waals surface area contributed by atoms with Gasteiger partial charge >= 0.3 is 0 Å². The van der Waals surface area contributed by atoms with Crippen LogP contribution in [0.3, 0.4) is 0 Å². The molecule has 0 aliphatic carbocycles. The number of rotatable bonds is 8. The zero-order valence-corrected chi connectivity index (χ0v) is 9.32. The van der Waals surface area contributed by atoms with Crippen molar-refractivity contribution in [3.63, 3.8) is 0 Å². The van der Waals surface area contributed by atoms with Gasteiger partial charge in [0.05, 0.1) is 0 Å². The lowest BCUT2D eigenvalue weighted by Gasteiger charge is -2.06. The average molecular weight is 225 g/mol. The summed E-state index contributed by atoms with van der Waals surface area (Å²) in [6, 6.07) is 1.76. The van der Waals surface area contributed by atoms with Crippen LogP contribution in [-0.4, -0.2) is 28.2 Å². The van der Waals surface area contributed by atoms with Crippen LogP contribution in [0.5, 0.6) is 0 Å². The summed E-state index contributed by atoms with van der Waals surface area (Å²) in [7, 11) is 0. The molecule has 0 amide bonds. The van der Waals surface area contributed by atoms with Crippen molar-refractivity contribution in [2.45, 2.75) is 25.7 Å². The molecular formula is C10H19N5O. The summed E-state index contributed by atoms with van der Waals surface area (Å²) >= 11 is 0. The molecule has 0 aliphatic heterocycles. The number of nitrogens with one attached hydrogen (secondary N) is 2. The number of aromatic nitrogens is 2. The van der Waals surface area contributed by atoms with Crippen molar-refractivity contribution in [3.05, 3.63) is 12.4 Å². The SMILES string of the molecule is NNc1cc(NCCCCCCO)ncn1. The van der Waals surface area contributed by atoms with Crippen molar-refractivity contribution in [2.24, 2.45) is 5.84 Å². The van der Waals surface area contributed by atoms with E-state index in [0.29, 0.717) is 5.82 Å². The Morgan fingerprint density at radius 2 is 1.88 bits per heavy atom. The molecule has 1 aromatic rings. The van der Waals surface area contributed by atoms with Crippen LogP contribution in [-0.2, 0) is 0 Å². The minimum atomic E-state index is 0.283. The fourth-order valence-electron chi connectivity index (χ4n) is 1.34. The molecular weight excluding hydrogens is 206 g/mol. The molecule has 0 bridgehead atoms. The van der Waals surface area contributed by atoms with E-state index in [9.17, 15) is 0 Å². The second kappa shape index (κ2) is 7.84. The van der Waals surface area contributed by atoms with Gasteiger partial charge in [-0.3, -0.25) is 0 Å². The first kappa shape index (κ1) is 12.7. The number of nitrogens with zero attached hydrogens (tertiary/aromatic N) is 2. The van der Waals surface area contributed by atoms with E-state index in [1.54, 1.807) is 6.07 Å². The summed E-state index contributed by atoms with van der Waals surface area (Å²) in [4.78, 5) is 7.98. The number of aliphatic hydroxyl groups is 1. The lowest BCUT2D eigenvalue weighted by Crippen LogP contribution is -2.10. The molecule has 0 unspecified atom stereocenters. The van der Waals surface area contributed by atoms with Crippen LogP contribution in [0.4, 0.5) is 11.6 Å². The third-order valence-corrected chi connectivity index (χ3v) is 2.21. The van der Waals surface area contributed by atoms with Crippen molar-refractivity contribution in [1.29, 1.82) is 0 Å². The Labute approximate surface area is 95.3 Å². The van der Waals surface area contributed by atoms with E-state index in [1.807, 2.05) is 0 Å². The quantitative estimate of drug-likeness (QED) is 0.296. The first-order valence-corrected chi connectivity index (χ1v) is 5.50. The third kappa shape index (κ3) is 4.90. The second-order valence-corrected chi connectivity index (χ2v) is 3.50. The van der Waals surface area contributed by atoms with E-state index in [0.717, 1.165) is 38.0 Å². The van der Waals surface area contributed by atoms with E-state index < -0.39 is 0 Å². The van der Waals surface area contributed by atoms with Crippen molar-refractivity contribution in [2.75, 3.05) is 23.9 Å². The van der Waals surface area contributed by atoms with Gasteiger partial charge in [-0.1, -0.05) is 12.8 Å². The summed E-state index contributed by atoms with van der Waals surface area (Å²) < 4.78 is 0. The Balaban J connectivity index is 2.16. The van der Waals surface area contributed by atoms with Crippen molar-refractivity contribution >= 4 is 11.6 Å². The maximum absolute atomic E-state index is 8.61. The summed E-state index contributed by atoms with van der Waals surface area (Å²) in [6.45, 7) is 1.15. The van der Waals surface area contributed by atoms with Crippen LogP contribution in [0.1, 0.15) is 25.7 Å². The van der Waals surface area contributed by atoms with Gasteiger partial charge in [-0.25, -0.2) is 15.8 Å². The first-order valence-electron chi connectivity index (χ1n) is 5.50. The van der Waals surface area contributed by atoms with Crippen LogP contribution in [0.15, 0.2) is 12.4 Å². The molecule has 6 nitrogen and oxygen atoms in total. The lowest BCUT2D eigenvalue weighted by molar-refractivity contribution is 0.283. The Hall–Kier alpha value is -1.40. The van der Waals surface area contributed by atoms with Crippen molar-refractivity contribution in [1.82, 2.24) is 9.97 Å². The first-order chi connectivity index (χ1) is 7.86. The van der Waals surface area contributed by atoms with E-state index in [2.05, 4.69) is 20.7 Å². The number of hydrogen-bond donors (Lipinski definition) is 4. The predicted octanol–water partition coefficient (Wildman–Crippen LogP) is 0.727. The topological polar surface area (TPSA) is 96.1 Å². The van der Waals surface area contributed by atoms with Gasteiger partial charge < -0.3 is 15.8 Å². The molecule has 6 heteroatoms. The zero-order chi connectivity index (χ0) is 11.6. The highest BCUT2D eigenvalue weighted by Crippen LogP contribution is 2.07. The highest BCUT2D eigenvalue weighted by atomic mass is 16.2. The number of hydrazine groups is 1. The van der Waals surface area contributed by atoms with Crippen molar-refractivity contribution in [3.8, 4) is 0 Å². The Bertz CT molecular complexity index is 294. The fourth-order valence-corrected chi connectivity index (χ4v) is 1.34. The molecule has 0 aromatic carbocycles. The van der Waals surface area contributed by atoms with Gasteiger partial charge in [0, 0.05) is 19.2 Å². The molecule has 1 heterocycles. The van der Waals surface area contributed by atoms with E-state index in [1.165, 1.54) is 6.33 Å². The largest absolute Gasteiger partial charge is 0.396 e. The molecule has 0 saturated heterocycles. The van der Waals surface area contributed by atoms with Crippen LogP contribution in [0.25, 0.3) is 0 Å². The highest BCUT2D eigenvalue weighted by Gasteiger charge is 1.96. The maximum atomic E-state index is 8.61.